The number of thiophene rings is 1. The summed E-state index contributed by atoms with van der Waals surface area (Å²) in [5.41, 5.74) is 2.06. The van der Waals surface area contributed by atoms with Crippen LogP contribution in [-0.4, -0.2) is 27.2 Å². The molecular weight excluding hydrogens is 296 g/mol. The van der Waals surface area contributed by atoms with E-state index in [0.29, 0.717) is 6.54 Å². The summed E-state index contributed by atoms with van der Waals surface area (Å²) in [6.07, 6.45) is 2.38. The molecule has 0 aliphatic rings. The van der Waals surface area contributed by atoms with E-state index < -0.39 is 0 Å². The van der Waals surface area contributed by atoms with E-state index in [1.807, 2.05) is 42.6 Å². The van der Waals surface area contributed by atoms with Crippen LogP contribution in [0.4, 0.5) is 0 Å². The number of hydrogen-bond donors (Lipinski definition) is 1. The van der Waals surface area contributed by atoms with E-state index in [1.54, 1.807) is 22.3 Å². The number of carbonyl (C=O) groups excluding carboxylic acids is 1. The van der Waals surface area contributed by atoms with Gasteiger partial charge in [-0.15, -0.1) is 16.4 Å². The first-order valence-electron chi connectivity index (χ1n) is 7.01. The number of carbonyl (C=O) groups is 1. The molecule has 3 rings (SSSR count). The second kappa shape index (κ2) is 6.53. The second-order valence-corrected chi connectivity index (χ2v) is 5.97. The van der Waals surface area contributed by atoms with Crippen LogP contribution in [0.3, 0.4) is 0 Å². The Hall–Kier alpha value is -2.47. The van der Waals surface area contributed by atoms with Gasteiger partial charge < -0.3 is 5.32 Å². The fourth-order valence-electron chi connectivity index (χ4n) is 2.02. The maximum atomic E-state index is 12.0. The summed E-state index contributed by atoms with van der Waals surface area (Å²) in [6.45, 7) is 2.61. The highest BCUT2D eigenvalue weighted by molar-refractivity contribution is 7.09. The second-order valence-electron chi connectivity index (χ2n) is 4.93. The van der Waals surface area contributed by atoms with Crippen LogP contribution in [0, 0.1) is 6.92 Å². The number of nitrogens with zero attached hydrogens (tertiary/aromatic N) is 3. The number of rotatable bonds is 5. The molecule has 0 unspecified atom stereocenters. The summed E-state index contributed by atoms with van der Waals surface area (Å²) in [5, 5.41) is 9.09. The minimum Gasteiger partial charge on any atom is -0.349 e. The van der Waals surface area contributed by atoms with Gasteiger partial charge in [-0.3, -0.25) is 4.79 Å². The van der Waals surface area contributed by atoms with Crippen molar-refractivity contribution < 1.29 is 4.79 Å². The van der Waals surface area contributed by atoms with Crippen LogP contribution in [0.1, 0.15) is 21.1 Å². The van der Waals surface area contributed by atoms with Crippen molar-refractivity contribution in [2.75, 3.05) is 6.54 Å². The predicted molar refractivity (Wildman–Crippen MR) is 86.5 cm³/mol. The van der Waals surface area contributed by atoms with Gasteiger partial charge in [0.25, 0.3) is 5.91 Å². The molecule has 0 saturated carbocycles. The molecule has 0 radical (unpaired) electrons. The molecule has 6 heteroatoms. The van der Waals surface area contributed by atoms with Gasteiger partial charge in [0.2, 0.25) is 5.82 Å². The molecule has 3 aromatic rings. The van der Waals surface area contributed by atoms with Crippen molar-refractivity contribution in [1.29, 1.82) is 0 Å². The highest BCUT2D eigenvalue weighted by atomic mass is 32.1. The van der Waals surface area contributed by atoms with E-state index in [-0.39, 0.29) is 11.7 Å². The molecule has 2 aromatic heterocycles. The summed E-state index contributed by atoms with van der Waals surface area (Å²) < 4.78 is 1.60. The topological polar surface area (TPSA) is 59.8 Å². The van der Waals surface area contributed by atoms with Crippen molar-refractivity contribution in [3.8, 4) is 5.69 Å². The number of nitrogens with one attached hydrogen (secondary N) is 1. The van der Waals surface area contributed by atoms with Crippen LogP contribution in [0.25, 0.3) is 5.69 Å². The van der Waals surface area contributed by atoms with Crippen molar-refractivity contribution in [1.82, 2.24) is 20.1 Å². The zero-order chi connectivity index (χ0) is 15.4. The molecule has 1 aromatic carbocycles. The van der Waals surface area contributed by atoms with Gasteiger partial charge in [-0.1, -0.05) is 23.8 Å². The molecule has 22 heavy (non-hydrogen) atoms. The minimum atomic E-state index is -0.248. The van der Waals surface area contributed by atoms with Crippen LogP contribution in [0.5, 0.6) is 0 Å². The number of amides is 1. The van der Waals surface area contributed by atoms with Crippen LogP contribution >= 0.6 is 11.3 Å². The lowest BCUT2D eigenvalue weighted by Gasteiger charge is -2.01. The first-order valence-corrected chi connectivity index (χ1v) is 7.89. The summed E-state index contributed by atoms with van der Waals surface area (Å²) in [4.78, 5) is 17.3. The molecule has 0 saturated heterocycles. The summed E-state index contributed by atoms with van der Waals surface area (Å²) in [7, 11) is 0. The van der Waals surface area contributed by atoms with E-state index in [9.17, 15) is 4.79 Å². The van der Waals surface area contributed by atoms with Gasteiger partial charge in [0, 0.05) is 11.4 Å². The lowest BCUT2D eigenvalue weighted by Crippen LogP contribution is -2.26. The first-order chi connectivity index (χ1) is 10.7. The quantitative estimate of drug-likeness (QED) is 0.788. The lowest BCUT2D eigenvalue weighted by molar-refractivity contribution is 0.0944. The zero-order valence-corrected chi connectivity index (χ0v) is 13.0. The molecule has 0 atom stereocenters. The molecule has 0 spiro atoms. The normalized spacial score (nSPS) is 10.6. The Bertz CT molecular complexity index is 747. The zero-order valence-electron chi connectivity index (χ0n) is 12.2. The molecule has 2 heterocycles. The number of aromatic nitrogens is 3. The van der Waals surface area contributed by atoms with Gasteiger partial charge >= 0.3 is 0 Å². The molecular formula is C16H16N4OS. The number of aryl methyl sites for hydroxylation is 1. The highest BCUT2D eigenvalue weighted by Crippen LogP contribution is 2.09. The third-order valence-corrected chi connectivity index (χ3v) is 4.17. The van der Waals surface area contributed by atoms with Crippen LogP contribution < -0.4 is 5.32 Å². The molecule has 112 valence electrons. The molecule has 0 aliphatic heterocycles. The van der Waals surface area contributed by atoms with Crippen molar-refractivity contribution >= 4 is 17.2 Å². The summed E-state index contributed by atoms with van der Waals surface area (Å²) >= 11 is 1.69. The number of hydrogen-bond acceptors (Lipinski definition) is 4. The molecule has 5 nitrogen and oxygen atoms in total. The van der Waals surface area contributed by atoms with Crippen molar-refractivity contribution in [3.05, 3.63) is 64.4 Å². The van der Waals surface area contributed by atoms with Gasteiger partial charge in [-0.05, 0) is 36.9 Å². The van der Waals surface area contributed by atoms with Crippen molar-refractivity contribution in [2.24, 2.45) is 0 Å². The maximum Gasteiger partial charge on any atom is 0.290 e. The summed E-state index contributed by atoms with van der Waals surface area (Å²) in [5.74, 6) is -0.0610. The molecule has 0 fully saturated rings. The third kappa shape index (κ3) is 3.40. The van der Waals surface area contributed by atoms with E-state index in [4.69, 9.17) is 0 Å². The Morgan fingerprint density at radius 1 is 1.27 bits per heavy atom. The molecule has 0 bridgehead atoms. The monoisotopic (exact) mass is 312 g/mol. The molecule has 1 amide bonds. The third-order valence-electron chi connectivity index (χ3n) is 3.23. The Morgan fingerprint density at radius 3 is 2.82 bits per heavy atom. The minimum absolute atomic E-state index is 0.187. The van der Waals surface area contributed by atoms with E-state index in [1.165, 1.54) is 10.4 Å². The fraction of sp³-hybridized carbons (Fsp3) is 0.188. The van der Waals surface area contributed by atoms with Gasteiger partial charge in [0.1, 0.15) is 6.33 Å². The average Bonchev–Trinajstić information content (AvgIpc) is 3.19. The van der Waals surface area contributed by atoms with Gasteiger partial charge in [-0.25, -0.2) is 9.67 Å². The Labute approximate surface area is 132 Å². The average molecular weight is 312 g/mol. The Balaban J connectivity index is 1.60. The van der Waals surface area contributed by atoms with Crippen molar-refractivity contribution in [2.45, 2.75) is 13.3 Å². The fourth-order valence-corrected chi connectivity index (χ4v) is 2.73. The van der Waals surface area contributed by atoms with Gasteiger partial charge in [0.15, 0.2) is 0 Å². The highest BCUT2D eigenvalue weighted by Gasteiger charge is 2.11. The van der Waals surface area contributed by atoms with Gasteiger partial charge in [0.05, 0.1) is 5.69 Å². The van der Waals surface area contributed by atoms with Crippen molar-refractivity contribution in [3.63, 3.8) is 0 Å². The number of benzene rings is 1. The van der Waals surface area contributed by atoms with E-state index in [2.05, 4.69) is 21.5 Å². The smallest absolute Gasteiger partial charge is 0.290 e. The van der Waals surface area contributed by atoms with Crippen LogP contribution in [0.15, 0.2) is 48.1 Å². The van der Waals surface area contributed by atoms with Crippen LogP contribution in [-0.2, 0) is 6.42 Å². The van der Waals surface area contributed by atoms with Gasteiger partial charge in [-0.2, -0.15) is 0 Å². The predicted octanol–water partition coefficient (Wildman–Crippen LogP) is 2.61. The Kier molecular flexibility index (Phi) is 4.29. The largest absolute Gasteiger partial charge is 0.349 e. The first kappa shape index (κ1) is 14.5. The molecule has 1 N–H and O–H groups in total. The molecule has 0 aliphatic carbocycles. The van der Waals surface area contributed by atoms with E-state index >= 15 is 0 Å². The SMILES string of the molecule is Cc1ccc(-n2cnc(C(=O)NCCc3cccs3)n2)cc1. The summed E-state index contributed by atoms with van der Waals surface area (Å²) in [6, 6.07) is 12.0. The lowest BCUT2D eigenvalue weighted by atomic mass is 10.2. The standard InChI is InChI=1S/C16H16N4OS/c1-12-4-6-13(7-5-12)20-11-18-15(19-20)16(21)17-9-8-14-3-2-10-22-14/h2-7,10-11H,8-9H2,1H3,(H,17,21). The Morgan fingerprint density at radius 2 is 2.09 bits per heavy atom. The maximum absolute atomic E-state index is 12.0. The van der Waals surface area contributed by atoms with Crippen LogP contribution in [0.2, 0.25) is 0 Å². The van der Waals surface area contributed by atoms with E-state index in [0.717, 1.165) is 12.1 Å².